The summed E-state index contributed by atoms with van der Waals surface area (Å²) in [5, 5.41) is 0. The quantitative estimate of drug-likeness (QED) is 0.823. The molecule has 2 rings (SSSR count). The molecule has 0 atom stereocenters. The summed E-state index contributed by atoms with van der Waals surface area (Å²) < 4.78 is 6.44. The van der Waals surface area contributed by atoms with Gasteiger partial charge in [-0.15, -0.1) is 0 Å². The fraction of sp³-hybridized carbons (Fsp3) is 0.312. The molecule has 1 aromatic carbocycles. The van der Waals surface area contributed by atoms with Crippen LogP contribution in [0.2, 0.25) is 0 Å². The normalized spacial score (nSPS) is 10.5. The van der Waals surface area contributed by atoms with E-state index in [-0.39, 0.29) is 0 Å². The van der Waals surface area contributed by atoms with Crippen LogP contribution < -0.4 is 9.64 Å². The number of anilines is 2. The third-order valence-electron chi connectivity index (χ3n) is 3.41. The summed E-state index contributed by atoms with van der Waals surface area (Å²) in [6.45, 7) is 6.18. The van der Waals surface area contributed by atoms with E-state index in [9.17, 15) is 0 Å². The molecule has 0 fully saturated rings. The van der Waals surface area contributed by atoms with E-state index in [2.05, 4.69) is 64.8 Å². The van der Waals surface area contributed by atoms with Gasteiger partial charge in [0, 0.05) is 23.4 Å². The Morgan fingerprint density at radius 2 is 1.65 bits per heavy atom. The van der Waals surface area contributed by atoms with Crippen LogP contribution in [0.4, 0.5) is 11.5 Å². The number of ether oxygens (including phenoxy) is 1. The Kier molecular flexibility index (Phi) is 4.33. The van der Waals surface area contributed by atoms with Gasteiger partial charge < -0.3 is 9.64 Å². The number of nitrogens with zero attached hydrogens (tertiary/aromatic N) is 2. The number of hydrogen-bond acceptors (Lipinski definition) is 3. The fourth-order valence-electron chi connectivity index (χ4n) is 2.28. The van der Waals surface area contributed by atoms with Gasteiger partial charge in [0.15, 0.2) is 0 Å². The molecular weight excluding hydrogens is 316 g/mol. The van der Waals surface area contributed by atoms with Crippen LogP contribution in [0.3, 0.4) is 0 Å². The van der Waals surface area contributed by atoms with Crippen LogP contribution in [0.1, 0.15) is 16.7 Å². The van der Waals surface area contributed by atoms with E-state index < -0.39 is 0 Å². The predicted molar refractivity (Wildman–Crippen MR) is 87.2 cm³/mol. The van der Waals surface area contributed by atoms with Crippen molar-refractivity contribution in [1.82, 2.24) is 4.98 Å². The molecule has 0 spiro atoms. The lowest BCUT2D eigenvalue weighted by Crippen LogP contribution is -2.12. The zero-order chi connectivity index (χ0) is 14.9. The first-order valence-electron chi connectivity index (χ1n) is 6.45. The maximum absolute atomic E-state index is 5.41. The van der Waals surface area contributed by atoms with Gasteiger partial charge in [0.05, 0.1) is 7.11 Å². The Bertz CT molecular complexity index is 617. The van der Waals surface area contributed by atoms with Gasteiger partial charge in [-0.1, -0.05) is 0 Å². The summed E-state index contributed by atoms with van der Waals surface area (Å²) in [7, 11) is 3.73. The van der Waals surface area contributed by atoms with Gasteiger partial charge in [0.2, 0.25) is 0 Å². The number of pyridine rings is 1. The van der Waals surface area contributed by atoms with E-state index in [4.69, 9.17) is 4.74 Å². The largest absolute Gasteiger partial charge is 0.496 e. The molecule has 1 heterocycles. The molecule has 0 aliphatic rings. The fourth-order valence-corrected chi connectivity index (χ4v) is 2.50. The van der Waals surface area contributed by atoms with E-state index in [1.807, 2.05) is 13.2 Å². The maximum atomic E-state index is 5.41. The Morgan fingerprint density at radius 1 is 1.05 bits per heavy atom. The van der Waals surface area contributed by atoms with Crippen LogP contribution in [-0.2, 0) is 0 Å². The summed E-state index contributed by atoms with van der Waals surface area (Å²) in [6.07, 6.45) is 1.84. The first-order valence-corrected chi connectivity index (χ1v) is 7.24. The molecule has 0 saturated carbocycles. The topological polar surface area (TPSA) is 25.4 Å². The molecule has 20 heavy (non-hydrogen) atoms. The molecule has 0 N–H and O–H groups in total. The van der Waals surface area contributed by atoms with Crippen molar-refractivity contribution in [3.05, 3.63) is 45.6 Å². The minimum Gasteiger partial charge on any atom is -0.496 e. The zero-order valence-electron chi connectivity index (χ0n) is 12.5. The molecule has 0 radical (unpaired) electrons. The first kappa shape index (κ1) is 14.9. The summed E-state index contributed by atoms with van der Waals surface area (Å²) >= 11 is 3.48. The monoisotopic (exact) mass is 334 g/mol. The lowest BCUT2D eigenvalue weighted by molar-refractivity contribution is 0.408. The van der Waals surface area contributed by atoms with E-state index in [0.29, 0.717) is 0 Å². The van der Waals surface area contributed by atoms with Gasteiger partial charge in [-0.3, -0.25) is 0 Å². The minimum absolute atomic E-state index is 0.926. The molecule has 106 valence electrons. The number of aryl methyl sites for hydroxylation is 3. The van der Waals surface area contributed by atoms with Gasteiger partial charge >= 0.3 is 0 Å². The molecule has 2 aromatic rings. The molecule has 0 bridgehead atoms. The van der Waals surface area contributed by atoms with Crippen LogP contribution in [-0.4, -0.2) is 19.1 Å². The molecule has 0 amide bonds. The highest BCUT2D eigenvalue weighted by Gasteiger charge is 2.11. The van der Waals surface area contributed by atoms with Crippen LogP contribution in [0.15, 0.2) is 28.9 Å². The Labute approximate surface area is 128 Å². The second kappa shape index (κ2) is 5.83. The highest BCUT2D eigenvalue weighted by Crippen LogP contribution is 2.31. The van der Waals surface area contributed by atoms with Gasteiger partial charge in [-0.2, -0.15) is 0 Å². The van der Waals surface area contributed by atoms with Crippen LogP contribution in [0.5, 0.6) is 5.75 Å². The van der Waals surface area contributed by atoms with Crippen molar-refractivity contribution < 1.29 is 4.74 Å². The molecule has 3 nitrogen and oxygen atoms in total. The summed E-state index contributed by atoms with van der Waals surface area (Å²) in [5.74, 6) is 1.87. The van der Waals surface area contributed by atoms with Crippen LogP contribution >= 0.6 is 15.9 Å². The summed E-state index contributed by atoms with van der Waals surface area (Å²) in [4.78, 5) is 6.55. The molecule has 4 heteroatoms. The van der Waals surface area contributed by atoms with Crippen molar-refractivity contribution in [2.45, 2.75) is 20.8 Å². The van der Waals surface area contributed by atoms with Gasteiger partial charge in [0.1, 0.15) is 11.6 Å². The summed E-state index contributed by atoms with van der Waals surface area (Å²) in [5.41, 5.74) is 4.53. The average molecular weight is 335 g/mol. The number of aromatic nitrogens is 1. The van der Waals surface area contributed by atoms with E-state index in [1.54, 1.807) is 7.11 Å². The average Bonchev–Trinajstić information content (AvgIpc) is 2.40. The number of halogens is 1. The Hall–Kier alpha value is -1.55. The van der Waals surface area contributed by atoms with Crippen LogP contribution in [0.25, 0.3) is 0 Å². The maximum Gasteiger partial charge on any atom is 0.132 e. The molecule has 1 aromatic heterocycles. The van der Waals surface area contributed by atoms with Crippen molar-refractivity contribution in [3.8, 4) is 5.75 Å². The standard InChI is InChI=1S/C16H19BrN2O/c1-10-8-15(18-9-14(10)17)19(4)13-6-11(2)16(20-5)12(3)7-13/h6-9H,1-5H3. The number of hydrogen-bond donors (Lipinski definition) is 0. The van der Waals surface area contributed by atoms with E-state index in [0.717, 1.165) is 32.9 Å². The Balaban J connectivity index is 2.42. The van der Waals surface area contributed by atoms with E-state index in [1.165, 1.54) is 5.56 Å². The number of benzene rings is 1. The molecule has 0 aliphatic heterocycles. The van der Waals surface area contributed by atoms with E-state index >= 15 is 0 Å². The summed E-state index contributed by atoms with van der Waals surface area (Å²) in [6, 6.07) is 6.30. The van der Waals surface area contributed by atoms with Gasteiger partial charge in [-0.25, -0.2) is 4.98 Å². The smallest absolute Gasteiger partial charge is 0.132 e. The highest BCUT2D eigenvalue weighted by molar-refractivity contribution is 9.10. The number of rotatable bonds is 3. The highest BCUT2D eigenvalue weighted by atomic mass is 79.9. The zero-order valence-corrected chi connectivity index (χ0v) is 14.1. The third-order valence-corrected chi connectivity index (χ3v) is 4.24. The lowest BCUT2D eigenvalue weighted by Gasteiger charge is -2.21. The van der Waals surface area contributed by atoms with Gasteiger partial charge in [0.25, 0.3) is 0 Å². The molecule has 0 saturated heterocycles. The van der Waals surface area contributed by atoms with Crippen molar-refractivity contribution in [2.24, 2.45) is 0 Å². The molecule has 0 aliphatic carbocycles. The molecular formula is C16H19BrN2O. The van der Waals surface area contributed by atoms with Crippen molar-refractivity contribution >= 4 is 27.4 Å². The lowest BCUT2D eigenvalue weighted by atomic mass is 10.1. The number of methoxy groups -OCH3 is 1. The Morgan fingerprint density at radius 3 is 2.15 bits per heavy atom. The first-order chi connectivity index (χ1) is 9.43. The second-order valence-corrected chi connectivity index (χ2v) is 5.82. The molecule has 0 unspecified atom stereocenters. The SMILES string of the molecule is COc1c(C)cc(N(C)c2cc(C)c(Br)cn2)cc1C. The third kappa shape index (κ3) is 2.80. The minimum atomic E-state index is 0.926. The predicted octanol–water partition coefficient (Wildman–Crippen LogP) is 4.55. The van der Waals surface area contributed by atoms with Crippen molar-refractivity contribution in [1.29, 1.82) is 0 Å². The second-order valence-electron chi connectivity index (χ2n) is 4.96. The van der Waals surface area contributed by atoms with Crippen molar-refractivity contribution in [3.63, 3.8) is 0 Å². The van der Waals surface area contributed by atoms with Crippen molar-refractivity contribution in [2.75, 3.05) is 19.1 Å². The van der Waals surface area contributed by atoms with Crippen LogP contribution in [0, 0.1) is 20.8 Å². The van der Waals surface area contributed by atoms with Gasteiger partial charge in [-0.05, 0) is 71.6 Å².